The lowest BCUT2D eigenvalue weighted by molar-refractivity contribution is 0.195. The van der Waals surface area contributed by atoms with Gasteiger partial charge < -0.3 is 14.7 Å². The molecule has 432 valence electrons. The van der Waals surface area contributed by atoms with Gasteiger partial charge in [0, 0.05) is 50.8 Å². The van der Waals surface area contributed by atoms with Gasteiger partial charge in [-0.25, -0.2) is 0 Å². The van der Waals surface area contributed by atoms with Gasteiger partial charge in [0.1, 0.15) is 0 Å². The molecule has 87 heavy (non-hydrogen) atoms. The Bertz CT molecular complexity index is 4230. The van der Waals surface area contributed by atoms with E-state index < -0.39 is 8.07 Å². The van der Waals surface area contributed by atoms with Crippen molar-refractivity contribution in [1.29, 1.82) is 0 Å². The molecule has 0 radical (unpaired) electrons. The molecule has 0 bridgehead atoms. The van der Waals surface area contributed by atoms with Crippen molar-refractivity contribution in [2.24, 2.45) is 5.41 Å². The molecular formula is C82H82BN3Si. The van der Waals surface area contributed by atoms with Crippen LogP contribution in [0.15, 0.2) is 224 Å². The number of anilines is 8. The number of aryl methyl sites for hydroxylation is 1. The number of nitrogens with zero attached hydrogens (tertiary/aromatic N) is 3. The third kappa shape index (κ3) is 8.56. The summed E-state index contributed by atoms with van der Waals surface area (Å²) in [6.07, 6.45) is 6.81. The van der Waals surface area contributed by atoms with E-state index in [-0.39, 0.29) is 33.9 Å². The van der Waals surface area contributed by atoms with Crippen LogP contribution in [0.4, 0.5) is 45.5 Å². The van der Waals surface area contributed by atoms with E-state index in [1.165, 1.54) is 140 Å². The van der Waals surface area contributed by atoms with E-state index >= 15 is 0 Å². The van der Waals surface area contributed by atoms with E-state index in [1.807, 2.05) is 0 Å². The maximum absolute atomic E-state index is 2.83. The van der Waals surface area contributed by atoms with E-state index in [9.17, 15) is 0 Å². The summed E-state index contributed by atoms with van der Waals surface area (Å²) >= 11 is 0. The van der Waals surface area contributed by atoms with Crippen LogP contribution in [0.2, 0.25) is 0 Å². The van der Waals surface area contributed by atoms with Crippen molar-refractivity contribution < 1.29 is 0 Å². The predicted octanol–water partition coefficient (Wildman–Crippen LogP) is 16.6. The summed E-state index contributed by atoms with van der Waals surface area (Å²) < 4.78 is 0. The van der Waals surface area contributed by atoms with Gasteiger partial charge in [-0.05, 0) is 193 Å². The highest BCUT2D eigenvalue weighted by Gasteiger charge is 2.59. The minimum Gasteiger partial charge on any atom is -0.334 e. The second kappa shape index (κ2) is 20.0. The van der Waals surface area contributed by atoms with Crippen LogP contribution in [0.25, 0.3) is 11.1 Å². The summed E-state index contributed by atoms with van der Waals surface area (Å²) in [5.41, 5.74) is 25.0. The first-order chi connectivity index (χ1) is 41.8. The summed E-state index contributed by atoms with van der Waals surface area (Å²) in [6, 6.07) is 88.3. The van der Waals surface area contributed by atoms with Gasteiger partial charge in [-0.15, -0.1) is 0 Å². The molecule has 5 heteroatoms. The van der Waals surface area contributed by atoms with Crippen LogP contribution in [-0.4, -0.2) is 20.3 Å². The minimum absolute atomic E-state index is 0.00460. The quantitative estimate of drug-likeness (QED) is 0.111. The van der Waals surface area contributed by atoms with Crippen molar-refractivity contribution in [3.05, 3.63) is 258 Å². The first kappa shape index (κ1) is 55.5. The molecule has 2 unspecified atom stereocenters. The fourth-order valence-corrected chi connectivity index (χ4v) is 21.7. The van der Waals surface area contributed by atoms with Crippen molar-refractivity contribution in [1.82, 2.24) is 0 Å². The maximum Gasteiger partial charge on any atom is 0.252 e. The molecule has 0 saturated heterocycles. The van der Waals surface area contributed by atoms with Gasteiger partial charge >= 0.3 is 0 Å². The van der Waals surface area contributed by atoms with Crippen LogP contribution in [0.5, 0.6) is 0 Å². The zero-order valence-electron chi connectivity index (χ0n) is 53.0. The molecule has 10 aromatic rings. The zero-order valence-corrected chi connectivity index (χ0v) is 54.0. The molecule has 10 aromatic carbocycles. The van der Waals surface area contributed by atoms with Crippen LogP contribution in [0.3, 0.4) is 0 Å². The first-order valence-electron chi connectivity index (χ1n) is 32.2. The van der Waals surface area contributed by atoms with Gasteiger partial charge in [0.15, 0.2) is 8.07 Å². The van der Waals surface area contributed by atoms with E-state index in [4.69, 9.17) is 0 Å². The Hall–Kier alpha value is -8.12. The van der Waals surface area contributed by atoms with Gasteiger partial charge in [-0.2, -0.15) is 0 Å². The van der Waals surface area contributed by atoms with Crippen LogP contribution in [-0.2, 0) is 29.1 Å². The molecule has 3 aliphatic heterocycles. The molecule has 5 aliphatic rings. The molecule has 2 aliphatic carbocycles. The highest BCUT2D eigenvalue weighted by atomic mass is 28.3. The third-order valence-corrected chi connectivity index (χ3v) is 26.2. The average Bonchev–Trinajstić information content (AvgIpc) is 1.32. The molecule has 0 spiro atoms. The zero-order chi connectivity index (χ0) is 60.0. The summed E-state index contributed by atoms with van der Waals surface area (Å²) in [5.74, 6) is 0. The Morgan fingerprint density at radius 1 is 0.425 bits per heavy atom. The molecule has 0 amide bonds. The monoisotopic (exact) mass is 1150 g/mol. The van der Waals surface area contributed by atoms with Crippen LogP contribution >= 0.6 is 0 Å². The van der Waals surface area contributed by atoms with Crippen molar-refractivity contribution >= 4 is 97.4 Å². The molecular weight excluding hydrogens is 1070 g/mol. The van der Waals surface area contributed by atoms with Crippen molar-refractivity contribution in [2.75, 3.05) is 14.7 Å². The summed E-state index contributed by atoms with van der Waals surface area (Å²) in [5, 5.41) is 5.68. The molecule has 1 fully saturated rings. The summed E-state index contributed by atoms with van der Waals surface area (Å²) in [7, 11) is -2.82. The van der Waals surface area contributed by atoms with E-state index in [2.05, 4.69) is 315 Å². The Morgan fingerprint density at radius 2 is 0.954 bits per heavy atom. The van der Waals surface area contributed by atoms with Crippen molar-refractivity contribution in [3.63, 3.8) is 0 Å². The predicted molar refractivity (Wildman–Crippen MR) is 376 cm³/mol. The number of rotatable bonds is 8. The standard InChI is InChI=1S/C82H82BN3Si/c1-55-46-75-77-76(47-55)85(71-42-36-60(79(5,6)7)50-67(71)56-26-16-12-17-27-56)73-49-58-54-80(8,9)53-57(58)48-70(73)83(77)69-41-39-62(51-74(69)84(75)61-37-34-59(35-38-61)78(2,3)4)86-72-43-40-66(52-68(72)81(10)44-24-25-45-82(81,86)11)87(63-28-18-13-19-29-63,64-30-20-14-21-31-64)65-32-22-15-23-33-65/h12-23,26-43,46-52H,24-25,44-45,53-54H2,1-11H3. The second-order valence-electron chi connectivity index (χ2n) is 29.6. The van der Waals surface area contributed by atoms with Crippen LogP contribution in [0, 0.1) is 12.3 Å². The molecule has 15 rings (SSSR count). The number of hydrogen-bond acceptors (Lipinski definition) is 3. The van der Waals surface area contributed by atoms with Gasteiger partial charge in [-0.3, -0.25) is 0 Å². The molecule has 1 saturated carbocycles. The van der Waals surface area contributed by atoms with E-state index in [0.29, 0.717) is 0 Å². The number of benzene rings is 10. The van der Waals surface area contributed by atoms with Gasteiger partial charge in [0.05, 0.1) is 11.2 Å². The lowest BCUT2D eigenvalue weighted by Gasteiger charge is -2.50. The average molecular weight is 1150 g/mol. The largest absolute Gasteiger partial charge is 0.334 e. The number of fused-ring (bicyclic) bond motifs is 8. The Labute approximate surface area is 519 Å². The van der Waals surface area contributed by atoms with Crippen molar-refractivity contribution in [2.45, 2.75) is 136 Å². The van der Waals surface area contributed by atoms with Gasteiger partial charge in [0.25, 0.3) is 6.71 Å². The highest BCUT2D eigenvalue weighted by molar-refractivity contribution is 7.20. The molecule has 0 N–H and O–H groups in total. The fourth-order valence-electron chi connectivity index (χ4n) is 16.9. The second-order valence-corrected chi connectivity index (χ2v) is 33.4. The third-order valence-electron chi connectivity index (χ3n) is 21.5. The Kier molecular flexibility index (Phi) is 12.7. The van der Waals surface area contributed by atoms with E-state index in [1.54, 1.807) is 0 Å². The van der Waals surface area contributed by atoms with Gasteiger partial charge in [-0.1, -0.05) is 239 Å². The molecule has 2 atom stereocenters. The van der Waals surface area contributed by atoms with Crippen LogP contribution in [0.1, 0.15) is 128 Å². The fraction of sp³-hybridized carbons (Fsp3) is 0.268. The Balaban J connectivity index is 0.976. The summed E-state index contributed by atoms with van der Waals surface area (Å²) in [6.45, 7) is 26.5. The topological polar surface area (TPSA) is 9.72 Å². The van der Waals surface area contributed by atoms with E-state index in [0.717, 1.165) is 25.7 Å². The maximum atomic E-state index is 2.83. The lowest BCUT2D eigenvalue weighted by Crippen LogP contribution is -2.74. The molecule has 3 nitrogen and oxygen atoms in total. The smallest absolute Gasteiger partial charge is 0.252 e. The number of hydrogen-bond donors (Lipinski definition) is 0. The Morgan fingerprint density at radius 3 is 1.56 bits per heavy atom. The highest BCUT2D eigenvalue weighted by Crippen LogP contribution is 2.61. The first-order valence-corrected chi connectivity index (χ1v) is 34.2. The normalized spacial score (nSPS) is 19.0. The minimum atomic E-state index is -2.82. The van der Waals surface area contributed by atoms with Crippen molar-refractivity contribution in [3.8, 4) is 11.1 Å². The molecule has 3 heterocycles. The SMILES string of the molecule is Cc1cc2c3c(c1)N(c1ccc(C(C)(C)C)cc1-c1ccccc1)c1cc4c(cc1B3c1ccc(N3c5ccc([Si](c6ccccc6)(c6ccccc6)c6ccccc6)cc5C5(C)CCCCC35C)cc1N2c1ccc(C(C)(C)C)cc1)CC(C)(C)C4. The van der Waals surface area contributed by atoms with Crippen LogP contribution < -0.4 is 51.8 Å². The summed E-state index contributed by atoms with van der Waals surface area (Å²) in [4.78, 5) is 8.18. The van der Waals surface area contributed by atoms with Gasteiger partial charge in [0.2, 0.25) is 0 Å². The molecule has 0 aromatic heterocycles. The lowest BCUT2D eigenvalue weighted by atomic mass is 9.33.